The summed E-state index contributed by atoms with van der Waals surface area (Å²) in [7, 11) is 0. The van der Waals surface area contributed by atoms with E-state index >= 15 is 0 Å². The van der Waals surface area contributed by atoms with E-state index in [0.717, 1.165) is 16.9 Å². The first-order valence-electron chi connectivity index (χ1n) is 5.74. The van der Waals surface area contributed by atoms with Gasteiger partial charge in [0.1, 0.15) is 5.01 Å². The van der Waals surface area contributed by atoms with Gasteiger partial charge in [0.05, 0.1) is 16.3 Å². The fraction of sp³-hybridized carbons (Fsp3) is 0.462. The van der Waals surface area contributed by atoms with Crippen molar-refractivity contribution < 1.29 is 0 Å². The topological polar surface area (TPSA) is 38.9 Å². The minimum absolute atomic E-state index is 0.0720. The standard InChI is InChI=1S/C13H18N2S/c1-4-9(3)12(14)13-15-10-6-5-8(2)7-11(10)16-13/h5-7,9,12H,4,14H2,1-3H3. The van der Waals surface area contributed by atoms with E-state index in [-0.39, 0.29) is 6.04 Å². The average Bonchev–Trinajstić information content (AvgIpc) is 2.69. The first-order valence-corrected chi connectivity index (χ1v) is 6.56. The number of nitrogens with zero attached hydrogens (tertiary/aromatic N) is 1. The molecule has 1 aromatic carbocycles. The fourth-order valence-corrected chi connectivity index (χ4v) is 2.89. The van der Waals surface area contributed by atoms with Crippen molar-refractivity contribution >= 4 is 21.6 Å². The molecule has 0 bridgehead atoms. The third kappa shape index (κ3) is 2.11. The summed E-state index contributed by atoms with van der Waals surface area (Å²) in [5.74, 6) is 0.488. The van der Waals surface area contributed by atoms with E-state index in [1.807, 2.05) is 0 Å². The molecule has 0 radical (unpaired) electrons. The van der Waals surface area contributed by atoms with Gasteiger partial charge in [-0.3, -0.25) is 0 Å². The molecule has 0 spiro atoms. The van der Waals surface area contributed by atoms with Gasteiger partial charge in [-0.1, -0.05) is 26.3 Å². The van der Waals surface area contributed by atoms with Crippen molar-refractivity contribution in [2.45, 2.75) is 33.2 Å². The Bertz CT molecular complexity index is 490. The van der Waals surface area contributed by atoms with Gasteiger partial charge in [0.25, 0.3) is 0 Å². The fourth-order valence-electron chi connectivity index (χ4n) is 1.69. The Hall–Kier alpha value is -0.930. The van der Waals surface area contributed by atoms with Crippen LogP contribution >= 0.6 is 11.3 Å². The minimum atomic E-state index is 0.0720. The second-order valence-corrected chi connectivity index (χ2v) is 5.50. The summed E-state index contributed by atoms with van der Waals surface area (Å²) < 4.78 is 1.24. The molecule has 2 rings (SSSR count). The predicted molar refractivity (Wildman–Crippen MR) is 70.7 cm³/mol. The van der Waals surface area contributed by atoms with Gasteiger partial charge in [0, 0.05) is 0 Å². The van der Waals surface area contributed by atoms with Crippen LogP contribution in [0, 0.1) is 12.8 Å². The van der Waals surface area contributed by atoms with Gasteiger partial charge in [-0.15, -0.1) is 11.3 Å². The number of nitrogens with two attached hydrogens (primary N) is 1. The van der Waals surface area contributed by atoms with Crippen molar-refractivity contribution in [3.05, 3.63) is 28.8 Å². The lowest BCUT2D eigenvalue weighted by atomic mass is 10.0. The first-order chi connectivity index (χ1) is 7.61. The summed E-state index contributed by atoms with van der Waals surface area (Å²) in [5.41, 5.74) is 8.55. The maximum absolute atomic E-state index is 6.20. The zero-order chi connectivity index (χ0) is 11.7. The van der Waals surface area contributed by atoms with Crippen LogP contribution in [0.1, 0.15) is 36.9 Å². The molecular formula is C13H18N2S. The van der Waals surface area contributed by atoms with E-state index in [2.05, 4.69) is 44.0 Å². The molecule has 2 nitrogen and oxygen atoms in total. The van der Waals surface area contributed by atoms with E-state index in [4.69, 9.17) is 5.73 Å². The quantitative estimate of drug-likeness (QED) is 0.880. The summed E-state index contributed by atoms with van der Waals surface area (Å²) in [5, 5.41) is 1.06. The molecule has 0 aliphatic rings. The van der Waals surface area contributed by atoms with E-state index in [1.54, 1.807) is 11.3 Å². The Morgan fingerprint density at radius 1 is 1.44 bits per heavy atom. The van der Waals surface area contributed by atoms with Crippen molar-refractivity contribution in [2.75, 3.05) is 0 Å². The molecule has 1 heterocycles. The molecule has 0 saturated carbocycles. The van der Waals surface area contributed by atoms with Gasteiger partial charge >= 0.3 is 0 Å². The molecule has 0 saturated heterocycles. The molecule has 0 fully saturated rings. The summed E-state index contributed by atoms with van der Waals surface area (Å²) in [6.07, 6.45) is 1.09. The van der Waals surface area contributed by atoms with Crippen molar-refractivity contribution in [1.82, 2.24) is 4.98 Å². The van der Waals surface area contributed by atoms with Crippen molar-refractivity contribution in [1.29, 1.82) is 0 Å². The Morgan fingerprint density at radius 3 is 2.88 bits per heavy atom. The highest BCUT2D eigenvalue weighted by Crippen LogP contribution is 2.30. The normalized spacial score (nSPS) is 15.2. The summed E-state index contributed by atoms with van der Waals surface area (Å²) >= 11 is 1.73. The molecule has 1 aromatic heterocycles. The van der Waals surface area contributed by atoms with Crippen molar-refractivity contribution in [3.8, 4) is 0 Å². The highest BCUT2D eigenvalue weighted by Gasteiger charge is 2.17. The monoisotopic (exact) mass is 234 g/mol. The SMILES string of the molecule is CCC(C)C(N)c1nc2ccc(C)cc2s1. The maximum atomic E-state index is 6.20. The molecular weight excluding hydrogens is 216 g/mol. The zero-order valence-electron chi connectivity index (χ0n) is 10.0. The van der Waals surface area contributed by atoms with E-state index < -0.39 is 0 Å². The highest BCUT2D eigenvalue weighted by atomic mass is 32.1. The molecule has 0 amide bonds. The van der Waals surface area contributed by atoms with Crippen LogP contribution in [0.2, 0.25) is 0 Å². The van der Waals surface area contributed by atoms with E-state index in [0.29, 0.717) is 5.92 Å². The molecule has 0 aliphatic carbocycles. The zero-order valence-corrected chi connectivity index (χ0v) is 10.8. The third-order valence-corrected chi connectivity index (χ3v) is 4.22. The molecule has 2 N–H and O–H groups in total. The molecule has 86 valence electrons. The van der Waals surface area contributed by atoms with Gasteiger partial charge in [-0.05, 0) is 30.5 Å². The Labute approximate surface area is 101 Å². The third-order valence-electron chi connectivity index (χ3n) is 3.10. The number of rotatable bonds is 3. The first kappa shape index (κ1) is 11.6. The van der Waals surface area contributed by atoms with Crippen LogP contribution in [0.5, 0.6) is 0 Å². The smallest absolute Gasteiger partial charge is 0.111 e. The number of hydrogen-bond acceptors (Lipinski definition) is 3. The molecule has 16 heavy (non-hydrogen) atoms. The Balaban J connectivity index is 2.39. The van der Waals surface area contributed by atoms with Crippen LogP contribution in [0.15, 0.2) is 18.2 Å². The van der Waals surface area contributed by atoms with Crippen LogP contribution in [-0.4, -0.2) is 4.98 Å². The Kier molecular flexibility index (Phi) is 3.26. The van der Waals surface area contributed by atoms with Gasteiger partial charge in [0.15, 0.2) is 0 Å². The largest absolute Gasteiger partial charge is 0.322 e. The molecule has 3 heteroatoms. The Morgan fingerprint density at radius 2 is 2.19 bits per heavy atom. The lowest BCUT2D eigenvalue weighted by Crippen LogP contribution is -2.18. The molecule has 2 aromatic rings. The van der Waals surface area contributed by atoms with Gasteiger partial charge in [-0.2, -0.15) is 0 Å². The summed E-state index contributed by atoms with van der Waals surface area (Å²) in [6, 6.07) is 6.43. The second-order valence-electron chi connectivity index (χ2n) is 4.43. The maximum Gasteiger partial charge on any atom is 0.111 e. The number of aromatic nitrogens is 1. The number of benzene rings is 1. The van der Waals surface area contributed by atoms with Crippen LogP contribution < -0.4 is 5.73 Å². The van der Waals surface area contributed by atoms with Crippen LogP contribution in [0.25, 0.3) is 10.2 Å². The number of hydrogen-bond donors (Lipinski definition) is 1. The number of fused-ring (bicyclic) bond motifs is 1. The van der Waals surface area contributed by atoms with Gasteiger partial charge in [0.2, 0.25) is 0 Å². The lowest BCUT2D eigenvalue weighted by Gasteiger charge is -2.14. The summed E-state index contributed by atoms with van der Waals surface area (Å²) in [6.45, 7) is 6.46. The van der Waals surface area contributed by atoms with Crippen LogP contribution in [0.3, 0.4) is 0 Å². The number of thiazole rings is 1. The van der Waals surface area contributed by atoms with Crippen LogP contribution in [-0.2, 0) is 0 Å². The van der Waals surface area contributed by atoms with Gasteiger partial charge in [-0.25, -0.2) is 4.98 Å². The highest BCUT2D eigenvalue weighted by molar-refractivity contribution is 7.18. The average molecular weight is 234 g/mol. The second kappa shape index (κ2) is 4.52. The van der Waals surface area contributed by atoms with Gasteiger partial charge < -0.3 is 5.73 Å². The molecule has 2 unspecified atom stereocenters. The summed E-state index contributed by atoms with van der Waals surface area (Å²) in [4.78, 5) is 4.62. The molecule has 2 atom stereocenters. The lowest BCUT2D eigenvalue weighted by molar-refractivity contribution is 0.456. The van der Waals surface area contributed by atoms with Crippen molar-refractivity contribution in [3.63, 3.8) is 0 Å². The minimum Gasteiger partial charge on any atom is -0.322 e. The van der Waals surface area contributed by atoms with Crippen LogP contribution in [0.4, 0.5) is 0 Å². The predicted octanol–water partition coefficient (Wildman–Crippen LogP) is 3.65. The molecule has 0 aliphatic heterocycles. The van der Waals surface area contributed by atoms with Crippen molar-refractivity contribution in [2.24, 2.45) is 11.7 Å². The van der Waals surface area contributed by atoms with E-state index in [9.17, 15) is 0 Å². The van der Waals surface area contributed by atoms with E-state index in [1.165, 1.54) is 10.3 Å². The number of aryl methyl sites for hydroxylation is 1.